The summed E-state index contributed by atoms with van der Waals surface area (Å²) in [4.78, 5) is 32.9. The lowest BCUT2D eigenvalue weighted by Crippen LogP contribution is -2.34. The van der Waals surface area contributed by atoms with E-state index in [9.17, 15) is 9.59 Å². The maximum absolute atomic E-state index is 12.3. The second-order valence-electron chi connectivity index (χ2n) is 6.56. The van der Waals surface area contributed by atoms with Crippen LogP contribution in [0.3, 0.4) is 0 Å². The van der Waals surface area contributed by atoms with Crippen LogP contribution in [-0.4, -0.2) is 32.2 Å². The van der Waals surface area contributed by atoms with Gasteiger partial charge >= 0.3 is 0 Å². The molecule has 30 heavy (non-hydrogen) atoms. The van der Waals surface area contributed by atoms with Crippen molar-refractivity contribution < 1.29 is 4.79 Å². The maximum atomic E-state index is 12.3. The number of carbonyl (C=O) groups is 1. The number of rotatable bonds is 7. The summed E-state index contributed by atoms with van der Waals surface area (Å²) in [5.41, 5.74) is 3.12. The quantitative estimate of drug-likeness (QED) is 0.499. The van der Waals surface area contributed by atoms with E-state index in [1.807, 2.05) is 35.7 Å². The summed E-state index contributed by atoms with van der Waals surface area (Å²) in [5, 5.41) is 10.1. The van der Waals surface area contributed by atoms with Crippen molar-refractivity contribution in [1.29, 1.82) is 0 Å². The summed E-state index contributed by atoms with van der Waals surface area (Å²) in [6.45, 7) is 0.305. The number of amides is 1. The number of nitrogens with zero attached hydrogens (tertiary/aromatic N) is 4. The van der Waals surface area contributed by atoms with Crippen LogP contribution in [0.15, 0.2) is 77.2 Å². The van der Waals surface area contributed by atoms with Crippen molar-refractivity contribution in [2.45, 2.75) is 13.0 Å². The van der Waals surface area contributed by atoms with Gasteiger partial charge in [0.05, 0.1) is 11.4 Å². The third kappa shape index (κ3) is 4.84. The highest BCUT2D eigenvalue weighted by Crippen LogP contribution is 2.23. The van der Waals surface area contributed by atoms with E-state index in [1.54, 1.807) is 41.9 Å². The number of aromatic nitrogens is 4. The fraction of sp³-hybridized carbons (Fsp3) is 0.136. The van der Waals surface area contributed by atoms with Gasteiger partial charge < -0.3 is 5.32 Å². The first-order valence-corrected chi connectivity index (χ1v) is 10.3. The molecule has 3 heterocycles. The molecule has 150 valence electrons. The fourth-order valence-corrected chi connectivity index (χ4v) is 3.76. The molecule has 0 atom stereocenters. The van der Waals surface area contributed by atoms with Gasteiger partial charge in [0.2, 0.25) is 5.91 Å². The zero-order valence-electron chi connectivity index (χ0n) is 16.1. The average Bonchev–Trinajstić information content (AvgIpc) is 3.25. The summed E-state index contributed by atoms with van der Waals surface area (Å²) in [7, 11) is 0. The van der Waals surface area contributed by atoms with Crippen LogP contribution in [0.25, 0.3) is 21.8 Å². The highest BCUT2D eigenvalue weighted by atomic mass is 32.1. The Morgan fingerprint density at radius 1 is 1.00 bits per heavy atom. The van der Waals surface area contributed by atoms with Crippen LogP contribution in [0, 0.1) is 0 Å². The fourth-order valence-electron chi connectivity index (χ4n) is 2.90. The van der Waals surface area contributed by atoms with Gasteiger partial charge in [-0.25, -0.2) is 9.67 Å². The third-order valence-corrected chi connectivity index (χ3v) is 5.35. The van der Waals surface area contributed by atoms with Crippen LogP contribution < -0.4 is 10.9 Å². The van der Waals surface area contributed by atoms with E-state index in [0.717, 1.165) is 21.8 Å². The van der Waals surface area contributed by atoms with E-state index < -0.39 is 0 Å². The van der Waals surface area contributed by atoms with Crippen molar-refractivity contribution >= 4 is 17.2 Å². The van der Waals surface area contributed by atoms with Crippen LogP contribution in [0.5, 0.6) is 0 Å². The zero-order chi connectivity index (χ0) is 20.8. The van der Waals surface area contributed by atoms with Gasteiger partial charge in [-0.15, -0.1) is 11.3 Å². The molecule has 8 heteroatoms. The second kappa shape index (κ2) is 9.23. The van der Waals surface area contributed by atoms with Crippen molar-refractivity contribution in [3.05, 3.63) is 88.4 Å². The molecule has 7 nitrogen and oxygen atoms in total. The Morgan fingerprint density at radius 3 is 2.60 bits per heavy atom. The molecule has 0 saturated carbocycles. The Balaban J connectivity index is 1.33. The number of hydrogen-bond donors (Lipinski definition) is 1. The van der Waals surface area contributed by atoms with Gasteiger partial charge in [-0.1, -0.05) is 30.3 Å². The van der Waals surface area contributed by atoms with Crippen LogP contribution >= 0.6 is 11.3 Å². The molecule has 1 N–H and O–H groups in total. The molecule has 0 bridgehead atoms. The summed E-state index contributed by atoms with van der Waals surface area (Å²) in [6.07, 6.45) is 3.93. The summed E-state index contributed by atoms with van der Waals surface area (Å²) >= 11 is 1.58. The smallest absolute Gasteiger partial charge is 0.267 e. The minimum Gasteiger partial charge on any atom is -0.354 e. The highest BCUT2D eigenvalue weighted by molar-refractivity contribution is 7.13. The lowest BCUT2D eigenvalue weighted by Gasteiger charge is -2.08. The zero-order valence-corrected chi connectivity index (χ0v) is 16.9. The molecule has 0 aliphatic heterocycles. The number of pyridine rings is 1. The largest absolute Gasteiger partial charge is 0.354 e. The molecular formula is C22H19N5O2S. The molecule has 0 saturated heterocycles. The van der Waals surface area contributed by atoms with Gasteiger partial charge in [0.25, 0.3) is 5.56 Å². The Hall–Kier alpha value is -3.65. The molecule has 0 spiro atoms. The SMILES string of the molecule is O=C(Cn1nc(-c2ccncc2)ccc1=O)NCCc1csc(-c2ccccc2)n1. The van der Waals surface area contributed by atoms with Gasteiger partial charge in [-0.3, -0.25) is 14.6 Å². The topological polar surface area (TPSA) is 89.8 Å². The Kier molecular flexibility index (Phi) is 6.05. The first-order chi connectivity index (χ1) is 14.7. The lowest BCUT2D eigenvalue weighted by molar-refractivity contribution is -0.121. The van der Waals surface area contributed by atoms with Gasteiger partial charge in [-0.05, 0) is 18.2 Å². The predicted octanol–water partition coefficient (Wildman–Crippen LogP) is 2.79. The summed E-state index contributed by atoms with van der Waals surface area (Å²) in [5.74, 6) is -0.269. The molecule has 3 aromatic heterocycles. The van der Waals surface area contributed by atoms with Gasteiger partial charge in [0.15, 0.2) is 0 Å². The van der Waals surface area contributed by atoms with Crippen LogP contribution in [0.1, 0.15) is 5.69 Å². The van der Waals surface area contributed by atoms with Gasteiger partial charge in [0, 0.05) is 47.9 Å². The van der Waals surface area contributed by atoms with E-state index in [2.05, 4.69) is 20.4 Å². The minimum atomic E-state index is -0.324. The second-order valence-corrected chi connectivity index (χ2v) is 7.42. The first-order valence-electron chi connectivity index (χ1n) is 9.44. The van der Waals surface area contributed by atoms with Gasteiger partial charge in [-0.2, -0.15) is 5.10 Å². The molecule has 1 aromatic carbocycles. The molecule has 0 aliphatic carbocycles. The monoisotopic (exact) mass is 417 g/mol. The standard InChI is InChI=1S/C22H19N5O2S/c28-20(14-27-21(29)7-6-19(26-27)16-8-11-23-12-9-16)24-13-10-18-15-30-22(25-18)17-4-2-1-3-5-17/h1-9,11-12,15H,10,13-14H2,(H,24,28). The maximum Gasteiger partial charge on any atom is 0.267 e. The lowest BCUT2D eigenvalue weighted by atomic mass is 10.2. The van der Waals surface area contributed by atoms with E-state index in [1.165, 1.54) is 10.7 Å². The van der Waals surface area contributed by atoms with E-state index in [0.29, 0.717) is 18.7 Å². The molecule has 4 rings (SSSR count). The van der Waals surface area contributed by atoms with Crippen molar-refractivity contribution in [3.63, 3.8) is 0 Å². The van der Waals surface area contributed by atoms with Crippen molar-refractivity contribution in [3.8, 4) is 21.8 Å². The van der Waals surface area contributed by atoms with E-state index in [4.69, 9.17) is 0 Å². The summed E-state index contributed by atoms with van der Waals surface area (Å²) < 4.78 is 1.17. The van der Waals surface area contributed by atoms with Crippen molar-refractivity contribution in [2.24, 2.45) is 0 Å². The number of carbonyl (C=O) groups excluding carboxylic acids is 1. The van der Waals surface area contributed by atoms with Crippen molar-refractivity contribution in [1.82, 2.24) is 25.1 Å². The Bertz CT molecular complexity index is 1190. The van der Waals surface area contributed by atoms with E-state index >= 15 is 0 Å². The predicted molar refractivity (Wildman–Crippen MR) is 116 cm³/mol. The normalized spacial score (nSPS) is 10.7. The first kappa shape index (κ1) is 19.7. The molecule has 4 aromatic rings. The Morgan fingerprint density at radius 2 is 1.80 bits per heavy atom. The molecule has 0 aliphatic rings. The molecule has 1 amide bonds. The number of benzene rings is 1. The molecule has 0 radical (unpaired) electrons. The van der Waals surface area contributed by atoms with Crippen LogP contribution in [-0.2, 0) is 17.8 Å². The van der Waals surface area contributed by atoms with Crippen LogP contribution in [0.4, 0.5) is 0 Å². The minimum absolute atomic E-state index is 0.135. The number of nitrogens with one attached hydrogen (secondary N) is 1. The average molecular weight is 417 g/mol. The molecule has 0 fully saturated rings. The Labute approximate surface area is 177 Å². The van der Waals surface area contributed by atoms with Crippen LogP contribution in [0.2, 0.25) is 0 Å². The molecule has 0 unspecified atom stereocenters. The summed E-state index contributed by atoms with van der Waals surface area (Å²) in [6, 6.07) is 16.6. The van der Waals surface area contributed by atoms with Crippen molar-refractivity contribution in [2.75, 3.05) is 6.54 Å². The molecular weight excluding hydrogens is 398 g/mol. The number of thiazole rings is 1. The van der Waals surface area contributed by atoms with Gasteiger partial charge in [0.1, 0.15) is 11.6 Å². The third-order valence-electron chi connectivity index (χ3n) is 4.41. The number of hydrogen-bond acceptors (Lipinski definition) is 6. The highest BCUT2D eigenvalue weighted by Gasteiger charge is 2.09. The van der Waals surface area contributed by atoms with E-state index in [-0.39, 0.29) is 18.0 Å².